The van der Waals surface area contributed by atoms with Crippen molar-refractivity contribution in [2.75, 3.05) is 13.2 Å². The first kappa shape index (κ1) is 13.7. The summed E-state index contributed by atoms with van der Waals surface area (Å²) in [6, 6.07) is 0.297. The third-order valence-electron chi connectivity index (χ3n) is 4.10. The Morgan fingerprint density at radius 1 is 1.17 bits per heavy atom. The number of carbonyl (C=O) groups excluding carboxylic acids is 1. The molecule has 4 heteroatoms. The molecule has 0 aromatic heterocycles. The van der Waals surface area contributed by atoms with Gasteiger partial charge in [0.1, 0.15) is 6.10 Å². The molecule has 18 heavy (non-hydrogen) atoms. The van der Waals surface area contributed by atoms with Crippen molar-refractivity contribution in [3.05, 3.63) is 0 Å². The fourth-order valence-electron chi connectivity index (χ4n) is 2.69. The predicted molar refractivity (Wildman–Crippen MR) is 69.5 cm³/mol. The summed E-state index contributed by atoms with van der Waals surface area (Å²) in [6.07, 6.45) is 5.93. The van der Waals surface area contributed by atoms with Crippen LogP contribution in [-0.2, 0) is 9.47 Å². The molecular weight excluding hydrogens is 230 g/mol. The Kier molecular flexibility index (Phi) is 4.49. The molecule has 0 unspecified atom stereocenters. The van der Waals surface area contributed by atoms with Crippen molar-refractivity contribution < 1.29 is 14.3 Å². The van der Waals surface area contributed by atoms with E-state index in [2.05, 4.69) is 19.2 Å². The van der Waals surface area contributed by atoms with Gasteiger partial charge in [-0.05, 0) is 31.1 Å². The van der Waals surface area contributed by atoms with E-state index in [9.17, 15) is 4.79 Å². The normalized spacial score (nSPS) is 25.7. The number of hydrogen-bond donors (Lipinski definition) is 1. The number of carbonyl (C=O) groups is 1. The van der Waals surface area contributed by atoms with Gasteiger partial charge in [0.05, 0.1) is 13.2 Å². The van der Waals surface area contributed by atoms with Crippen LogP contribution >= 0.6 is 0 Å². The van der Waals surface area contributed by atoms with Gasteiger partial charge in [0, 0.05) is 18.9 Å². The van der Waals surface area contributed by atoms with Gasteiger partial charge in [-0.15, -0.1) is 0 Å². The number of nitrogens with one attached hydrogen (secondary N) is 1. The fraction of sp³-hybridized carbons (Fsp3) is 0.929. The number of rotatable bonds is 2. The van der Waals surface area contributed by atoms with Crippen LogP contribution in [0.2, 0.25) is 0 Å². The summed E-state index contributed by atoms with van der Waals surface area (Å²) in [5.41, 5.74) is 0.433. The first-order valence-corrected chi connectivity index (χ1v) is 7.10. The smallest absolute Gasteiger partial charge is 0.407 e. The van der Waals surface area contributed by atoms with Gasteiger partial charge in [0.2, 0.25) is 0 Å². The molecule has 0 radical (unpaired) electrons. The van der Waals surface area contributed by atoms with Gasteiger partial charge in [-0.3, -0.25) is 0 Å². The number of hydrogen-bond acceptors (Lipinski definition) is 3. The molecule has 0 bridgehead atoms. The number of ether oxygens (including phenoxy) is 2. The quantitative estimate of drug-likeness (QED) is 0.825. The molecule has 1 heterocycles. The van der Waals surface area contributed by atoms with Gasteiger partial charge in [0.25, 0.3) is 0 Å². The maximum atomic E-state index is 11.8. The molecule has 1 aliphatic heterocycles. The van der Waals surface area contributed by atoms with Crippen LogP contribution in [0.5, 0.6) is 0 Å². The lowest BCUT2D eigenvalue weighted by molar-refractivity contribution is 0.0000296. The van der Waals surface area contributed by atoms with Crippen LogP contribution in [0, 0.1) is 5.41 Å². The van der Waals surface area contributed by atoms with E-state index in [4.69, 9.17) is 9.47 Å². The van der Waals surface area contributed by atoms with Crippen molar-refractivity contribution in [3.63, 3.8) is 0 Å². The summed E-state index contributed by atoms with van der Waals surface area (Å²) in [5, 5.41) is 3.00. The van der Waals surface area contributed by atoms with Crippen molar-refractivity contribution >= 4 is 6.09 Å². The molecule has 4 nitrogen and oxygen atoms in total. The van der Waals surface area contributed by atoms with Crippen LogP contribution in [0.25, 0.3) is 0 Å². The minimum Gasteiger partial charge on any atom is -0.446 e. The highest BCUT2D eigenvalue weighted by atomic mass is 16.6. The average molecular weight is 255 g/mol. The van der Waals surface area contributed by atoms with Crippen LogP contribution in [0.3, 0.4) is 0 Å². The number of alkyl carbamates (subject to hydrolysis) is 1. The highest BCUT2D eigenvalue weighted by molar-refractivity contribution is 5.67. The molecule has 1 saturated carbocycles. The zero-order chi connectivity index (χ0) is 13.0. The highest BCUT2D eigenvalue weighted by Gasteiger charge is 2.28. The van der Waals surface area contributed by atoms with Gasteiger partial charge in [-0.25, -0.2) is 4.79 Å². The molecule has 0 spiro atoms. The average Bonchev–Trinajstić information content (AvgIpc) is 2.33. The molecule has 1 saturated heterocycles. The van der Waals surface area contributed by atoms with E-state index in [-0.39, 0.29) is 12.2 Å². The summed E-state index contributed by atoms with van der Waals surface area (Å²) in [6.45, 7) is 6.00. The van der Waals surface area contributed by atoms with Crippen molar-refractivity contribution in [3.8, 4) is 0 Å². The fourth-order valence-corrected chi connectivity index (χ4v) is 2.69. The maximum Gasteiger partial charge on any atom is 0.407 e. The van der Waals surface area contributed by atoms with E-state index >= 15 is 0 Å². The maximum absolute atomic E-state index is 11.8. The summed E-state index contributed by atoms with van der Waals surface area (Å²) >= 11 is 0. The second-order valence-electron chi connectivity index (χ2n) is 6.30. The molecule has 1 aliphatic carbocycles. The van der Waals surface area contributed by atoms with Crippen LogP contribution in [0.15, 0.2) is 0 Å². The zero-order valence-corrected chi connectivity index (χ0v) is 11.5. The summed E-state index contributed by atoms with van der Waals surface area (Å²) in [5.74, 6) is 0. The van der Waals surface area contributed by atoms with Crippen molar-refractivity contribution in [2.45, 2.75) is 64.5 Å². The van der Waals surface area contributed by atoms with Crippen molar-refractivity contribution in [1.82, 2.24) is 5.32 Å². The third-order valence-corrected chi connectivity index (χ3v) is 4.10. The zero-order valence-electron chi connectivity index (χ0n) is 11.5. The van der Waals surface area contributed by atoms with Gasteiger partial charge in [-0.1, -0.05) is 13.8 Å². The molecule has 0 aromatic carbocycles. The Morgan fingerprint density at radius 3 is 2.39 bits per heavy atom. The van der Waals surface area contributed by atoms with Crippen molar-refractivity contribution in [2.24, 2.45) is 5.41 Å². The predicted octanol–water partition coefficient (Wildman–Crippen LogP) is 2.86. The van der Waals surface area contributed by atoms with Gasteiger partial charge >= 0.3 is 6.09 Å². The second-order valence-corrected chi connectivity index (χ2v) is 6.30. The SMILES string of the molecule is CC1(C)CCC(NC(=O)OC2CCOCC2)CC1. The van der Waals surface area contributed by atoms with Crippen LogP contribution < -0.4 is 5.32 Å². The Labute approximate surface area is 109 Å². The Bertz CT molecular complexity index is 275. The molecule has 0 aromatic rings. The largest absolute Gasteiger partial charge is 0.446 e. The molecule has 2 aliphatic rings. The Balaban J connectivity index is 1.68. The number of amides is 1. The van der Waals surface area contributed by atoms with E-state index in [1.807, 2.05) is 0 Å². The second kappa shape index (κ2) is 5.91. The first-order valence-electron chi connectivity index (χ1n) is 7.10. The standard InChI is InChI=1S/C14H25NO3/c1-14(2)7-3-11(4-8-14)15-13(16)18-12-5-9-17-10-6-12/h11-12H,3-10H2,1-2H3,(H,15,16). The minimum absolute atomic E-state index is 0.0405. The minimum atomic E-state index is -0.244. The molecule has 1 N–H and O–H groups in total. The highest BCUT2D eigenvalue weighted by Crippen LogP contribution is 2.35. The summed E-state index contributed by atoms with van der Waals surface area (Å²) in [4.78, 5) is 11.8. The van der Waals surface area contributed by atoms with Crippen LogP contribution in [-0.4, -0.2) is 31.5 Å². The summed E-state index contributed by atoms with van der Waals surface area (Å²) in [7, 11) is 0. The Morgan fingerprint density at radius 2 is 1.78 bits per heavy atom. The van der Waals surface area contributed by atoms with Gasteiger partial charge in [-0.2, -0.15) is 0 Å². The van der Waals surface area contributed by atoms with Crippen LogP contribution in [0.4, 0.5) is 4.79 Å². The molecule has 1 amide bonds. The molecule has 0 atom stereocenters. The van der Waals surface area contributed by atoms with Crippen molar-refractivity contribution in [1.29, 1.82) is 0 Å². The van der Waals surface area contributed by atoms with E-state index in [0.29, 0.717) is 24.7 Å². The van der Waals surface area contributed by atoms with Crippen LogP contribution in [0.1, 0.15) is 52.4 Å². The Hall–Kier alpha value is -0.770. The first-order chi connectivity index (χ1) is 8.55. The van der Waals surface area contributed by atoms with E-state index in [1.54, 1.807) is 0 Å². The summed E-state index contributed by atoms with van der Waals surface area (Å²) < 4.78 is 10.7. The third kappa shape index (κ3) is 4.16. The van der Waals surface area contributed by atoms with E-state index in [0.717, 1.165) is 25.7 Å². The lowest BCUT2D eigenvalue weighted by Gasteiger charge is -2.34. The lowest BCUT2D eigenvalue weighted by atomic mass is 9.76. The molecular formula is C14H25NO3. The monoisotopic (exact) mass is 255 g/mol. The molecule has 2 rings (SSSR count). The van der Waals surface area contributed by atoms with E-state index in [1.165, 1.54) is 12.8 Å². The van der Waals surface area contributed by atoms with Gasteiger partial charge in [0.15, 0.2) is 0 Å². The van der Waals surface area contributed by atoms with E-state index < -0.39 is 0 Å². The lowest BCUT2D eigenvalue weighted by Crippen LogP contribution is -2.41. The molecule has 2 fully saturated rings. The van der Waals surface area contributed by atoms with Gasteiger partial charge < -0.3 is 14.8 Å². The topological polar surface area (TPSA) is 47.6 Å². The molecule has 104 valence electrons.